The number of nitrogens with two attached hydrogens (primary N) is 1. The molecular weight excluding hydrogens is 242 g/mol. The third kappa shape index (κ3) is 3.21. The summed E-state index contributed by atoms with van der Waals surface area (Å²) in [4.78, 5) is 20.4. The van der Waals surface area contributed by atoms with Gasteiger partial charge in [-0.3, -0.25) is 4.79 Å². The van der Waals surface area contributed by atoms with Crippen molar-refractivity contribution in [1.29, 1.82) is 0 Å². The number of hydrazine groups is 1. The number of anilines is 1. The average Bonchev–Trinajstić information content (AvgIpc) is 2.83. The van der Waals surface area contributed by atoms with E-state index in [-0.39, 0.29) is 5.91 Å². The summed E-state index contributed by atoms with van der Waals surface area (Å²) in [5, 5.41) is 0. The maximum atomic E-state index is 12.3. The number of hydrogen-bond acceptors (Lipinski definition) is 5. The number of hydrogen-bond donors (Lipinski definition) is 2. The Labute approximate surface area is 113 Å². The molecule has 1 unspecified atom stereocenters. The molecule has 1 aromatic rings. The lowest BCUT2D eigenvalue weighted by atomic mass is 10.2. The van der Waals surface area contributed by atoms with Gasteiger partial charge in [-0.2, -0.15) is 0 Å². The van der Waals surface area contributed by atoms with Crippen molar-refractivity contribution in [2.45, 2.75) is 18.9 Å². The van der Waals surface area contributed by atoms with Gasteiger partial charge >= 0.3 is 0 Å². The number of nitrogens with one attached hydrogen (secondary N) is 1. The molecule has 1 aliphatic rings. The molecule has 0 aromatic carbocycles. The molecule has 19 heavy (non-hydrogen) atoms. The standard InChI is InChI=1S/C13H21N5O/c1-17-7-3-4-11(17)9-18(2)13(19)10-5-6-15-12(8-10)16-14/h5-6,8,11H,3-4,7,9,14H2,1-2H3,(H,15,16). The smallest absolute Gasteiger partial charge is 0.253 e. The maximum absolute atomic E-state index is 12.3. The van der Waals surface area contributed by atoms with Gasteiger partial charge in [-0.05, 0) is 38.6 Å². The average molecular weight is 263 g/mol. The van der Waals surface area contributed by atoms with Gasteiger partial charge in [-0.25, -0.2) is 10.8 Å². The fourth-order valence-corrected chi connectivity index (χ4v) is 2.47. The molecule has 0 bridgehead atoms. The molecule has 3 N–H and O–H groups in total. The second-order valence-corrected chi connectivity index (χ2v) is 5.04. The minimum Gasteiger partial charge on any atom is -0.340 e. The van der Waals surface area contributed by atoms with Crippen molar-refractivity contribution in [3.05, 3.63) is 23.9 Å². The lowest BCUT2D eigenvalue weighted by molar-refractivity contribution is 0.0761. The van der Waals surface area contributed by atoms with E-state index in [9.17, 15) is 4.79 Å². The molecule has 1 aliphatic heterocycles. The zero-order valence-electron chi connectivity index (χ0n) is 11.5. The molecule has 1 aromatic heterocycles. The molecule has 1 fully saturated rings. The number of aromatic nitrogens is 1. The minimum absolute atomic E-state index is 0.000741. The number of likely N-dealkylation sites (tertiary alicyclic amines) is 1. The summed E-state index contributed by atoms with van der Waals surface area (Å²) in [6.45, 7) is 1.87. The molecule has 2 heterocycles. The van der Waals surface area contributed by atoms with E-state index in [0.717, 1.165) is 19.5 Å². The Morgan fingerprint density at radius 1 is 1.68 bits per heavy atom. The van der Waals surface area contributed by atoms with Crippen LogP contribution < -0.4 is 11.3 Å². The van der Waals surface area contributed by atoms with Gasteiger partial charge in [0.05, 0.1) is 0 Å². The highest BCUT2D eigenvalue weighted by atomic mass is 16.2. The molecule has 6 heteroatoms. The summed E-state index contributed by atoms with van der Waals surface area (Å²) in [5.74, 6) is 5.80. The number of carbonyl (C=O) groups is 1. The van der Waals surface area contributed by atoms with E-state index in [4.69, 9.17) is 5.84 Å². The Balaban J connectivity index is 2.01. The van der Waals surface area contributed by atoms with Gasteiger partial charge < -0.3 is 15.2 Å². The molecule has 1 amide bonds. The van der Waals surface area contributed by atoms with E-state index < -0.39 is 0 Å². The van der Waals surface area contributed by atoms with Crippen LogP contribution in [0.5, 0.6) is 0 Å². The van der Waals surface area contributed by atoms with Gasteiger partial charge in [0.2, 0.25) is 0 Å². The topological polar surface area (TPSA) is 74.5 Å². The van der Waals surface area contributed by atoms with Crippen LogP contribution in [0.1, 0.15) is 23.2 Å². The number of carbonyl (C=O) groups excluding carboxylic acids is 1. The highest BCUT2D eigenvalue weighted by molar-refractivity contribution is 5.94. The van der Waals surface area contributed by atoms with Crippen molar-refractivity contribution < 1.29 is 4.79 Å². The fraction of sp³-hybridized carbons (Fsp3) is 0.538. The molecule has 6 nitrogen and oxygen atoms in total. The molecule has 0 saturated carbocycles. The molecule has 1 atom stereocenters. The van der Waals surface area contributed by atoms with Crippen LogP contribution >= 0.6 is 0 Å². The molecule has 0 spiro atoms. The van der Waals surface area contributed by atoms with E-state index in [1.807, 2.05) is 7.05 Å². The summed E-state index contributed by atoms with van der Waals surface area (Å²) >= 11 is 0. The Morgan fingerprint density at radius 3 is 3.11 bits per heavy atom. The number of nitrogen functional groups attached to an aromatic ring is 1. The first-order valence-corrected chi connectivity index (χ1v) is 6.50. The van der Waals surface area contributed by atoms with E-state index in [1.165, 1.54) is 6.42 Å². The maximum Gasteiger partial charge on any atom is 0.253 e. The highest BCUT2D eigenvalue weighted by Gasteiger charge is 2.24. The third-order valence-corrected chi connectivity index (χ3v) is 3.66. The first-order chi connectivity index (χ1) is 9.11. The molecule has 104 valence electrons. The molecule has 0 radical (unpaired) electrons. The second-order valence-electron chi connectivity index (χ2n) is 5.04. The van der Waals surface area contributed by atoms with Gasteiger partial charge in [-0.15, -0.1) is 0 Å². The predicted molar refractivity (Wildman–Crippen MR) is 74.7 cm³/mol. The van der Waals surface area contributed by atoms with Crippen molar-refractivity contribution in [2.24, 2.45) is 5.84 Å². The van der Waals surface area contributed by atoms with Gasteiger partial charge in [0.25, 0.3) is 5.91 Å². The third-order valence-electron chi connectivity index (χ3n) is 3.66. The Kier molecular flexibility index (Phi) is 4.34. The van der Waals surface area contributed by atoms with Crippen LogP contribution in [0.15, 0.2) is 18.3 Å². The van der Waals surface area contributed by atoms with Gasteiger partial charge in [0.1, 0.15) is 5.82 Å². The SMILES string of the molecule is CN(CC1CCCN1C)C(=O)c1ccnc(NN)c1. The van der Waals surface area contributed by atoms with Crippen LogP contribution in [0, 0.1) is 0 Å². The zero-order valence-corrected chi connectivity index (χ0v) is 11.5. The van der Waals surface area contributed by atoms with Crippen LogP contribution in [-0.4, -0.2) is 53.9 Å². The summed E-state index contributed by atoms with van der Waals surface area (Å²) in [6, 6.07) is 3.83. The second kappa shape index (κ2) is 5.99. The quantitative estimate of drug-likeness (QED) is 0.612. The molecular formula is C13H21N5O. The molecule has 1 saturated heterocycles. The first-order valence-electron chi connectivity index (χ1n) is 6.50. The molecule has 2 rings (SSSR count). The molecule has 0 aliphatic carbocycles. The summed E-state index contributed by atoms with van der Waals surface area (Å²) < 4.78 is 0. The number of nitrogens with zero attached hydrogens (tertiary/aromatic N) is 3. The van der Waals surface area contributed by atoms with E-state index in [0.29, 0.717) is 17.4 Å². The van der Waals surface area contributed by atoms with E-state index in [1.54, 1.807) is 23.2 Å². The van der Waals surface area contributed by atoms with E-state index in [2.05, 4.69) is 22.4 Å². The van der Waals surface area contributed by atoms with Crippen LogP contribution in [0.3, 0.4) is 0 Å². The monoisotopic (exact) mass is 263 g/mol. The normalized spacial score (nSPS) is 19.4. The van der Waals surface area contributed by atoms with Gasteiger partial charge in [0, 0.05) is 31.4 Å². The minimum atomic E-state index is -0.000741. The Bertz CT molecular complexity index is 450. The first kappa shape index (κ1) is 13.8. The largest absolute Gasteiger partial charge is 0.340 e. The highest BCUT2D eigenvalue weighted by Crippen LogP contribution is 2.16. The van der Waals surface area contributed by atoms with Crippen molar-refractivity contribution >= 4 is 11.7 Å². The van der Waals surface area contributed by atoms with E-state index >= 15 is 0 Å². The van der Waals surface area contributed by atoms with Crippen molar-refractivity contribution in [3.63, 3.8) is 0 Å². The van der Waals surface area contributed by atoms with Crippen LogP contribution in [0.4, 0.5) is 5.82 Å². The predicted octanol–water partition coefficient (Wildman–Crippen LogP) is 0.533. The number of pyridine rings is 1. The summed E-state index contributed by atoms with van der Waals surface area (Å²) in [7, 11) is 3.95. The number of amides is 1. The lowest BCUT2D eigenvalue weighted by Crippen LogP contribution is -2.39. The van der Waals surface area contributed by atoms with Crippen molar-refractivity contribution in [1.82, 2.24) is 14.8 Å². The Morgan fingerprint density at radius 2 is 2.47 bits per heavy atom. The van der Waals surface area contributed by atoms with Gasteiger partial charge in [-0.1, -0.05) is 0 Å². The summed E-state index contributed by atoms with van der Waals surface area (Å²) in [6.07, 6.45) is 3.94. The van der Waals surface area contributed by atoms with Crippen LogP contribution in [0.2, 0.25) is 0 Å². The number of rotatable bonds is 4. The fourth-order valence-electron chi connectivity index (χ4n) is 2.47. The summed E-state index contributed by atoms with van der Waals surface area (Å²) in [5.41, 5.74) is 3.05. The number of likely N-dealkylation sites (N-methyl/N-ethyl adjacent to an activating group) is 2. The van der Waals surface area contributed by atoms with Crippen LogP contribution in [-0.2, 0) is 0 Å². The van der Waals surface area contributed by atoms with Crippen LogP contribution in [0.25, 0.3) is 0 Å². The zero-order chi connectivity index (χ0) is 13.8. The Hall–Kier alpha value is -1.66. The van der Waals surface area contributed by atoms with Crippen molar-refractivity contribution in [2.75, 3.05) is 32.6 Å². The van der Waals surface area contributed by atoms with Crippen molar-refractivity contribution in [3.8, 4) is 0 Å². The lowest BCUT2D eigenvalue weighted by Gasteiger charge is -2.26. The van der Waals surface area contributed by atoms with Gasteiger partial charge in [0.15, 0.2) is 0 Å².